The number of para-hydroxylation sites is 1. The summed E-state index contributed by atoms with van der Waals surface area (Å²) in [5, 5.41) is 8.77. The topological polar surface area (TPSA) is 27.0 Å². The highest BCUT2D eigenvalue weighted by molar-refractivity contribution is 5.52. The van der Waals surface area contributed by atoms with Crippen LogP contribution in [0.4, 0.5) is 5.69 Å². The molecule has 2 aromatic rings. The molecule has 0 N–H and O–H groups in total. The Morgan fingerprint density at radius 3 is 2.25 bits per heavy atom. The van der Waals surface area contributed by atoms with Crippen LogP contribution in [0, 0.1) is 11.3 Å². The van der Waals surface area contributed by atoms with Crippen LogP contribution in [-0.4, -0.2) is 13.1 Å². The summed E-state index contributed by atoms with van der Waals surface area (Å²) in [5.74, 6) is 0. The van der Waals surface area contributed by atoms with Gasteiger partial charge in [0.05, 0.1) is 12.5 Å². The van der Waals surface area contributed by atoms with Crippen molar-refractivity contribution in [2.45, 2.75) is 6.42 Å². The molecule has 0 saturated carbocycles. The highest BCUT2D eigenvalue weighted by Gasteiger charge is 2.03. The normalized spacial score (nSPS) is 10.3. The molecule has 2 rings (SSSR count). The summed E-state index contributed by atoms with van der Waals surface area (Å²) in [4.78, 5) is 2.21. The van der Waals surface area contributed by atoms with Gasteiger partial charge in [-0.05, 0) is 17.7 Å². The molecular formula is C18H18N2. The van der Waals surface area contributed by atoms with E-state index < -0.39 is 0 Å². The fourth-order valence-electron chi connectivity index (χ4n) is 2.03. The van der Waals surface area contributed by atoms with Gasteiger partial charge in [0.15, 0.2) is 0 Å². The van der Waals surface area contributed by atoms with Crippen molar-refractivity contribution >= 4 is 11.8 Å². The van der Waals surface area contributed by atoms with Gasteiger partial charge in [-0.25, -0.2) is 0 Å². The third-order valence-electron chi connectivity index (χ3n) is 3.05. The number of benzene rings is 2. The Balaban J connectivity index is 2.01. The van der Waals surface area contributed by atoms with Crippen LogP contribution in [0.3, 0.4) is 0 Å². The molecule has 0 aliphatic carbocycles. The molecule has 0 saturated heterocycles. The van der Waals surface area contributed by atoms with Gasteiger partial charge in [0.25, 0.3) is 0 Å². The van der Waals surface area contributed by atoms with Crippen LogP contribution in [0.15, 0.2) is 66.7 Å². The molecule has 2 heteroatoms. The molecule has 20 heavy (non-hydrogen) atoms. The first-order valence-corrected chi connectivity index (χ1v) is 6.78. The highest BCUT2D eigenvalue weighted by atomic mass is 15.1. The molecule has 2 nitrogen and oxygen atoms in total. The summed E-state index contributed by atoms with van der Waals surface area (Å²) < 4.78 is 0. The number of hydrogen-bond donors (Lipinski definition) is 0. The third kappa shape index (κ3) is 4.29. The smallest absolute Gasteiger partial charge is 0.0640 e. The Bertz CT molecular complexity index is 567. The average molecular weight is 262 g/mol. The van der Waals surface area contributed by atoms with Gasteiger partial charge in [0.1, 0.15) is 0 Å². The van der Waals surface area contributed by atoms with Crippen molar-refractivity contribution in [2.75, 3.05) is 18.0 Å². The monoisotopic (exact) mass is 262 g/mol. The number of hydrogen-bond acceptors (Lipinski definition) is 2. The van der Waals surface area contributed by atoms with E-state index in [2.05, 4.69) is 47.4 Å². The van der Waals surface area contributed by atoms with Gasteiger partial charge in [-0.15, -0.1) is 0 Å². The predicted molar refractivity (Wildman–Crippen MR) is 84.4 cm³/mol. The minimum absolute atomic E-state index is 0.536. The van der Waals surface area contributed by atoms with Crippen LogP contribution in [0.5, 0.6) is 0 Å². The van der Waals surface area contributed by atoms with Crippen molar-refractivity contribution in [3.05, 3.63) is 72.3 Å². The first-order chi connectivity index (χ1) is 9.90. The summed E-state index contributed by atoms with van der Waals surface area (Å²) >= 11 is 0. The van der Waals surface area contributed by atoms with Crippen LogP contribution >= 0.6 is 0 Å². The van der Waals surface area contributed by atoms with Crippen LogP contribution in [0.25, 0.3) is 6.08 Å². The van der Waals surface area contributed by atoms with E-state index in [9.17, 15) is 0 Å². The van der Waals surface area contributed by atoms with Gasteiger partial charge in [-0.2, -0.15) is 5.26 Å². The molecule has 0 amide bonds. The molecule has 0 heterocycles. The van der Waals surface area contributed by atoms with Crippen molar-refractivity contribution < 1.29 is 0 Å². The standard InChI is InChI=1S/C18H18N2/c19-14-8-16-20(18-12-5-2-6-13-18)15-7-11-17-9-3-1-4-10-17/h1-7,9-13H,8,15-16H2/b11-7+. The van der Waals surface area contributed by atoms with Gasteiger partial charge in [0.2, 0.25) is 0 Å². The van der Waals surface area contributed by atoms with E-state index in [1.807, 2.05) is 36.4 Å². The second-order valence-electron chi connectivity index (χ2n) is 4.50. The molecule has 0 aromatic heterocycles. The first kappa shape index (κ1) is 13.9. The second-order valence-corrected chi connectivity index (χ2v) is 4.50. The summed E-state index contributed by atoms with van der Waals surface area (Å²) in [6.07, 6.45) is 4.79. The Morgan fingerprint density at radius 1 is 0.950 bits per heavy atom. The molecule has 0 aliphatic rings. The molecule has 0 unspecified atom stereocenters. The van der Waals surface area contributed by atoms with E-state index in [0.717, 1.165) is 18.8 Å². The molecule has 100 valence electrons. The fraction of sp³-hybridized carbons (Fsp3) is 0.167. The molecule has 2 aromatic carbocycles. The average Bonchev–Trinajstić information content (AvgIpc) is 2.52. The van der Waals surface area contributed by atoms with Gasteiger partial charge < -0.3 is 4.90 Å². The molecule has 0 radical (unpaired) electrons. The van der Waals surface area contributed by atoms with E-state index in [4.69, 9.17) is 5.26 Å². The van der Waals surface area contributed by atoms with Crippen LogP contribution < -0.4 is 4.90 Å². The third-order valence-corrected chi connectivity index (χ3v) is 3.05. The minimum atomic E-state index is 0.536. The summed E-state index contributed by atoms with van der Waals surface area (Å²) in [7, 11) is 0. The fourth-order valence-corrected chi connectivity index (χ4v) is 2.03. The maximum atomic E-state index is 8.77. The predicted octanol–water partition coefficient (Wildman–Crippen LogP) is 4.12. The number of anilines is 1. The lowest BCUT2D eigenvalue weighted by Crippen LogP contribution is -2.24. The Morgan fingerprint density at radius 2 is 1.60 bits per heavy atom. The van der Waals surface area contributed by atoms with Crippen LogP contribution in [-0.2, 0) is 0 Å². The molecule has 0 fully saturated rings. The quantitative estimate of drug-likeness (QED) is 0.783. The van der Waals surface area contributed by atoms with Crippen molar-refractivity contribution in [1.82, 2.24) is 0 Å². The maximum Gasteiger partial charge on any atom is 0.0640 e. The van der Waals surface area contributed by atoms with E-state index in [0.29, 0.717) is 6.42 Å². The molecule has 0 spiro atoms. The highest BCUT2D eigenvalue weighted by Crippen LogP contribution is 2.13. The van der Waals surface area contributed by atoms with Gasteiger partial charge in [-0.3, -0.25) is 0 Å². The van der Waals surface area contributed by atoms with Crippen molar-refractivity contribution in [1.29, 1.82) is 5.26 Å². The van der Waals surface area contributed by atoms with Gasteiger partial charge >= 0.3 is 0 Å². The zero-order valence-corrected chi connectivity index (χ0v) is 11.4. The molecular weight excluding hydrogens is 244 g/mol. The van der Waals surface area contributed by atoms with Crippen LogP contribution in [0.1, 0.15) is 12.0 Å². The van der Waals surface area contributed by atoms with Crippen molar-refractivity contribution in [2.24, 2.45) is 0 Å². The van der Waals surface area contributed by atoms with E-state index in [1.165, 1.54) is 5.56 Å². The second kappa shape index (κ2) is 7.81. The minimum Gasteiger partial charge on any atom is -0.367 e. The van der Waals surface area contributed by atoms with E-state index in [1.54, 1.807) is 0 Å². The summed E-state index contributed by atoms with van der Waals surface area (Å²) in [6, 6.07) is 22.7. The van der Waals surface area contributed by atoms with Crippen LogP contribution in [0.2, 0.25) is 0 Å². The Kier molecular flexibility index (Phi) is 5.42. The lowest BCUT2D eigenvalue weighted by molar-refractivity contribution is 0.859. The lowest BCUT2D eigenvalue weighted by atomic mass is 10.2. The zero-order chi connectivity index (χ0) is 14.0. The Hall–Kier alpha value is -2.53. The zero-order valence-electron chi connectivity index (χ0n) is 11.4. The summed E-state index contributed by atoms with van der Waals surface area (Å²) in [5.41, 5.74) is 2.35. The molecule has 0 bridgehead atoms. The number of nitriles is 1. The van der Waals surface area contributed by atoms with Gasteiger partial charge in [0, 0.05) is 18.8 Å². The molecule has 0 aliphatic heterocycles. The lowest BCUT2D eigenvalue weighted by Gasteiger charge is -2.22. The molecule has 0 atom stereocenters. The number of rotatable bonds is 6. The van der Waals surface area contributed by atoms with E-state index >= 15 is 0 Å². The van der Waals surface area contributed by atoms with E-state index in [-0.39, 0.29) is 0 Å². The maximum absolute atomic E-state index is 8.77. The SMILES string of the molecule is N#CCCN(C/C=C/c1ccccc1)c1ccccc1. The van der Waals surface area contributed by atoms with Gasteiger partial charge in [-0.1, -0.05) is 60.7 Å². The number of nitrogens with zero attached hydrogens (tertiary/aromatic N) is 2. The Labute approximate surface area is 120 Å². The van der Waals surface area contributed by atoms with Crippen molar-refractivity contribution in [3.8, 4) is 6.07 Å². The summed E-state index contributed by atoms with van der Waals surface area (Å²) in [6.45, 7) is 1.56. The largest absolute Gasteiger partial charge is 0.367 e. The van der Waals surface area contributed by atoms with Crippen molar-refractivity contribution in [3.63, 3.8) is 0 Å². The first-order valence-electron chi connectivity index (χ1n) is 6.78.